The van der Waals surface area contributed by atoms with E-state index in [9.17, 15) is 9.59 Å². The van der Waals surface area contributed by atoms with Gasteiger partial charge in [0.1, 0.15) is 0 Å². The van der Waals surface area contributed by atoms with E-state index in [0.717, 1.165) is 0 Å². The van der Waals surface area contributed by atoms with Gasteiger partial charge in [-0.1, -0.05) is 12.2 Å². The van der Waals surface area contributed by atoms with Crippen molar-refractivity contribution >= 4 is 11.9 Å². The van der Waals surface area contributed by atoms with Gasteiger partial charge < -0.3 is 9.47 Å². The maximum Gasteiger partial charge on any atom is 0.324 e. The van der Waals surface area contributed by atoms with Gasteiger partial charge in [0.05, 0.1) is 25.4 Å². The van der Waals surface area contributed by atoms with E-state index >= 15 is 0 Å². The normalized spacial score (nSPS) is 12.1. The number of rotatable bonds is 8. The van der Waals surface area contributed by atoms with Crippen molar-refractivity contribution in [2.24, 2.45) is 5.41 Å². The predicted molar refractivity (Wildman–Crippen MR) is 83.7 cm³/mol. The molecule has 0 aromatic carbocycles. The van der Waals surface area contributed by atoms with Crippen molar-refractivity contribution in [1.82, 2.24) is 0 Å². The lowest BCUT2D eigenvalue weighted by atomic mass is 9.78. The molecular weight excluding hydrogens is 296 g/mol. The Morgan fingerprint density at radius 1 is 1.09 bits per heavy atom. The summed E-state index contributed by atoms with van der Waals surface area (Å²) < 4.78 is 10.1. The SMILES string of the molecule is C/C=C(/C#N)CC(C/C=C(\C)C#N)(C(=O)OCC)C(=O)OCC. The van der Waals surface area contributed by atoms with Gasteiger partial charge in [-0.2, -0.15) is 10.5 Å². The van der Waals surface area contributed by atoms with E-state index in [2.05, 4.69) is 0 Å². The molecule has 0 unspecified atom stereocenters. The molecule has 0 saturated carbocycles. The minimum atomic E-state index is -1.66. The van der Waals surface area contributed by atoms with Crippen LogP contribution >= 0.6 is 0 Å². The molecule has 0 aromatic heterocycles. The number of esters is 2. The fraction of sp³-hybridized carbons (Fsp3) is 0.529. The number of nitrogens with zero attached hydrogens (tertiary/aromatic N) is 2. The molecule has 0 aliphatic carbocycles. The molecule has 0 bridgehead atoms. The molecule has 23 heavy (non-hydrogen) atoms. The number of ether oxygens (including phenoxy) is 2. The Morgan fingerprint density at radius 2 is 1.61 bits per heavy atom. The van der Waals surface area contributed by atoms with Crippen molar-refractivity contribution in [2.45, 2.75) is 40.5 Å². The summed E-state index contributed by atoms with van der Waals surface area (Å²) in [4.78, 5) is 25.0. The molecular formula is C17H22N2O4. The molecule has 0 aliphatic heterocycles. The second-order valence-corrected chi connectivity index (χ2v) is 4.83. The van der Waals surface area contributed by atoms with Gasteiger partial charge in [-0.05, 0) is 34.1 Å². The first-order chi connectivity index (χ1) is 10.9. The molecule has 0 rings (SSSR count). The Kier molecular flexibility index (Phi) is 9.03. The molecule has 0 radical (unpaired) electrons. The van der Waals surface area contributed by atoms with Crippen LogP contribution in [0.15, 0.2) is 23.3 Å². The lowest BCUT2D eigenvalue weighted by Crippen LogP contribution is -2.42. The topological polar surface area (TPSA) is 100 Å². The number of carbonyl (C=O) groups excluding carboxylic acids is 2. The van der Waals surface area contributed by atoms with E-state index in [1.807, 2.05) is 12.1 Å². The van der Waals surface area contributed by atoms with E-state index < -0.39 is 17.4 Å². The molecule has 0 saturated heterocycles. The molecule has 0 spiro atoms. The zero-order valence-corrected chi connectivity index (χ0v) is 14.0. The van der Waals surface area contributed by atoms with Crippen molar-refractivity contribution in [3.63, 3.8) is 0 Å². The summed E-state index contributed by atoms with van der Waals surface area (Å²) in [5.74, 6) is -1.51. The first-order valence-corrected chi connectivity index (χ1v) is 7.38. The van der Waals surface area contributed by atoms with Gasteiger partial charge in [-0.15, -0.1) is 0 Å². The molecule has 0 N–H and O–H groups in total. The monoisotopic (exact) mass is 318 g/mol. The zero-order chi connectivity index (χ0) is 17.9. The van der Waals surface area contributed by atoms with Crippen LogP contribution in [0.1, 0.15) is 40.5 Å². The van der Waals surface area contributed by atoms with Gasteiger partial charge in [0.15, 0.2) is 5.41 Å². The van der Waals surface area contributed by atoms with Crippen molar-refractivity contribution in [2.75, 3.05) is 13.2 Å². The Labute approximate surface area is 137 Å². The van der Waals surface area contributed by atoms with E-state index in [1.165, 1.54) is 12.2 Å². The third-order valence-electron chi connectivity index (χ3n) is 3.25. The van der Waals surface area contributed by atoms with Gasteiger partial charge in [0, 0.05) is 17.6 Å². The maximum absolute atomic E-state index is 12.5. The number of nitriles is 2. The highest BCUT2D eigenvalue weighted by molar-refractivity contribution is 6.00. The van der Waals surface area contributed by atoms with Crippen LogP contribution in [0.2, 0.25) is 0 Å². The number of hydrogen-bond acceptors (Lipinski definition) is 6. The number of allylic oxidation sites excluding steroid dienone is 4. The van der Waals surface area contributed by atoms with Crippen LogP contribution in [0.5, 0.6) is 0 Å². The van der Waals surface area contributed by atoms with Gasteiger partial charge in [0.2, 0.25) is 0 Å². The first-order valence-electron chi connectivity index (χ1n) is 7.38. The van der Waals surface area contributed by atoms with Crippen molar-refractivity contribution in [3.8, 4) is 12.1 Å². The largest absolute Gasteiger partial charge is 0.465 e. The fourth-order valence-electron chi connectivity index (χ4n) is 1.91. The Hall–Kier alpha value is -2.60. The molecule has 0 amide bonds. The molecule has 0 aromatic rings. The van der Waals surface area contributed by atoms with Gasteiger partial charge >= 0.3 is 11.9 Å². The minimum Gasteiger partial charge on any atom is -0.465 e. The van der Waals surface area contributed by atoms with Gasteiger partial charge in [0.25, 0.3) is 0 Å². The first kappa shape index (κ1) is 20.4. The van der Waals surface area contributed by atoms with E-state index in [4.69, 9.17) is 20.0 Å². The molecule has 0 fully saturated rings. The third kappa shape index (κ3) is 5.60. The van der Waals surface area contributed by atoms with Crippen molar-refractivity contribution < 1.29 is 19.1 Å². The lowest BCUT2D eigenvalue weighted by molar-refractivity contribution is -0.171. The molecule has 6 heteroatoms. The van der Waals surface area contributed by atoms with Crippen LogP contribution in [0.3, 0.4) is 0 Å². The highest BCUT2D eigenvalue weighted by atomic mass is 16.6. The summed E-state index contributed by atoms with van der Waals surface area (Å²) in [5, 5.41) is 18.0. The smallest absolute Gasteiger partial charge is 0.324 e. The third-order valence-corrected chi connectivity index (χ3v) is 3.25. The van der Waals surface area contributed by atoms with E-state index in [1.54, 1.807) is 27.7 Å². The van der Waals surface area contributed by atoms with Crippen LogP contribution < -0.4 is 0 Å². The summed E-state index contributed by atoms with van der Waals surface area (Å²) in [5.41, 5.74) is -1.03. The van der Waals surface area contributed by atoms with Crippen molar-refractivity contribution in [3.05, 3.63) is 23.3 Å². The van der Waals surface area contributed by atoms with Crippen LogP contribution in [-0.2, 0) is 19.1 Å². The highest BCUT2D eigenvalue weighted by Gasteiger charge is 2.48. The molecule has 124 valence electrons. The maximum atomic E-state index is 12.5. The van der Waals surface area contributed by atoms with E-state index in [-0.39, 0.29) is 31.6 Å². The Balaban J connectivity index is 6.00. The summed E-state index contributed by atoms with van der Waals surface area (Å²) in [6.07, 6.45) is 2.82. The summed E-state index contributed by atoms with van der Waals surface area (Å²) in [6.45, 7) is 6.67. The van der Waals surface area contributed by atoms with Crippen LogP contribution in [0.4, 0.5) is 0 Å². The van der Waals surface area contributed by atoms with Crippen molar-refractivity contribution in [1.29, 1.82) is 10.5 Å². The quantitative estimate of drug-likeness (QED) is 0.387. The molecule has 0 atom stereocenters. The predicted octanol–water partition coefficient (Wildman–Crippen LogP) is 2.82. The van der Waals surface area contributed by atoms with E-state index in [0.29, 0.717) is 5.57 Å². The summed E-state index contributed by atoms with van der Waals surface area (Å²) in [6, 6.07) is 3.90. The number of hydrogen-bond donors (Lipinski definition) is 0. The summed E-state index contributed by atoms with van der Waals surface area (Å²) in [7, 11) is 0. The second kappa shape index (κ2) is 10.2. The Morgan fingerprint density at radius 3 is 1.96 bits per heavy atom. The lowest BCUT2D eigenvalue weighted by Gasteiger charge is -2.28. The fourth-order valence-corrected chi connectivity index (χ4v) is 1.91. The standard InChI is InChI=1S/C17H22N2O4/c1-5-14(12-19)10-17(15(20)22-6-2,16(21)23-7-3)9-8-13(4)11-18/h5,8H,6-7,9-10H2,1-4H3/b13-8+,14-5+. The molecule has 0 aliphatic rings. The highest BCUT2D eigenvalue weighted by Crippen LogP contribution is 2.35. The average Bonchev–Trinajstić information content (AvgIpc) is 2.55. The zero-order valence-electron chi connectivity index (χ0n) is 14.0. The second-order valence-electron chi connectivity index (χ2n) is 4.83. The molecule has 0 heterocycles. The average molecular weight is 318 g/mol. The number of carbonyl (C=O) groups is 2. The molecule has 6 nitrogen and oxygen atoms in total. The van der Waals surface area contributed by atoms with Gasteiger partial charge in [-0.25, -0.2) is 0 Å². The summed E-state index contributed by atoms with van der Waals surface area (Å²) >= 11 is 0. The van der Waals surface area contributed by atoms with Crippen LogP contribution in [-0.4, -0.2) is 25.2 Å². The van der Waals surface area contributed by atoms with Crippen LogP contribution in [0.25, 0.3) is 0 Å². The Bertz CT molecular complexity index is 558. The minimum absolute atomic E-state index is 0.0664. The van der Waals surface area contributed by atoms with Crippen LogP contribution in [0, 0.1) is 28.1 Å². The van der Waals surface area contributed by atoms with Gasteiger partial charge in [-0.3, -0.25) is 9.59 Å².